The van der Waals surface area contributed by atoms with Gasteiger partial charge in [-0.25, -0.2) is 0 Å². The lowest BCUT2D eigenvalue weighted by Crippen LogP contribution is -2.13. The average molecular weight is 228 g/mol. The Hall–Kier alpha value is -0.730. The van der Waals surface area contributed by atoms with Gasteiger partial charge in [0.15, 0.2) is 0 Å². The van der Waals surface area contributed by atoms with Crippen molar-refractivity contribution in [3.8, 4) is 5.75 Å². The molecule has 0 fully saturated rings. The largest absolute Gasteiger partial charge is 0.492 e. The SMILES string of the molecule is Cl.NCCOc1cccc2c1CCCC2. The zero-order chi connectivity index (χ0) is 9.80. The predicted molar refractivity (Wildman–Crippen MR) is 64.9 cm³/mol. The van der Waals surface area contributed by atoms with E-state index < -0.39 is 0 Å². The molecule has 15 heavy (non-hydrogen) atoms. The Labute approximate surface area is 97.2 Å². The lowest BCUT2D eigenvalue weighted by molar-refractivity contribution is 0.323. The maximum Gasteiger partial charge on any atom is 0.122 e. The van der Waals surface area contributed by atoms with Gasteiger partial charge in [-0.15, -0.1) is 12.4 Å². The van der Waals surface area contributed by atoms with Crippen molar-refractivity contribution in [1.29, 1.82) is 0 Å². The highest BCUT2D eigenvalue weighted by atomic mass is 35.5. The molecule has 0 aromatic heterocycles. The van der Waals surface area contributed by atoms with Crippen LogP contribution in [-0.2, 0) is 12.8 Å². The molecular weight excluding hydrogens is 210 g/mol. The summed E-state index contributed by atoms with van der Waals surface area (Å²) in [5, 5.41) is 0. The van der Waals surface area contributed by atoms with Gasteiger partial charge in [-0.3, -0.25) is 0 Å². The highest BCUT2D eigenvalue weighted by molar-refractivity contribution is 5.85. The van der Waals surface area contributed by atoms with Crippen LogP contribution in [0.25, 0.3) is 0 Å². The Morgan fingerprint density at radius 3 is 2.80 bits per heavy atom. The molecule has 0 unspecified atom stereocenters. The van der Waals surface area contributed by atoms with Crippen molar-refractivity contribution >= 4 is 12.4 Å². The molecule has 2 N–H and O–H groups in total. The van der Waals surface area contributed by atoms with Crippen LogP contribution in [0.3, 0.4) is 0 Å². The lowest BCUT2D eigenvalue weighted by Gasteiger charge is -2.19. The van der Waals surface area contributed by atoms with Crippen LogP contribution < -0.4 is 10.5 Å². The summed E-state index contributed by atoms with van der Waals surface area (Å²) < 4.78 is 5.63. The minimum absolute atomic E-state index is 0. The Kier molecular flexibility index (Phi) is 4.92. The molecule has 0 bridgehead atoms. The average Bonchev–Trinajstić information content (AvgIpc) is 2.26. The van der Waals surface area contributed by atoms with Crippen LogP contribution in [0.15, 0.2) is 18.2 Å². The van der Waals surface area contributed by atoms with Gasteiger partial charge >= 0.3 is 0 Å². The maximum absolute atomic E-state index is 5.63. The summed E-state index contributed by atoms with van der Waals surface area (Å²) in [6, 6.07) is 6.35. The first-order chi connectivity index (χ1) is 6.92. The molecule has 1 aliphatic rings. The number of halogens is 1. The minimum Gasteiger partial charge on any atom is -0.492 e. The van der Waals surface area contributed by atoms with Crippen molar-refractivity contribution in [1.82, 2.24) is 0 Å². The van der Waals surface area contributed by atoms with E-state index in [1.54, 1.807) is 0 Å². The quantitative estimate of drug-likeness (QED) is 0.860. The van der Waals surface area contributed by atoms with E-state index >= 15 is 0 Å². The number of hydrogen-bond acceptors (Lipinski definition) is 2. The summed E-state index contributed by atoms with van der Waals surface area (Å²) in [7, 11) is 0. The van der Waals surface area contributed by atoms with Crippen LogP contribution in [0.5, 0.6) is 5.75 Å². The van der Waals surface area contributed by atoms with Gasteiger partial charge in [0.05, 0.1) is 0 Å². The molecule has 1 aromatic rings. The van der Waals surface area contributed by atoms with E-state index in [9.17, 15) is 0 Å². The Morgan fingerprint density at radius 2 is 2.00 bits per heavy atom. The normalized spacial score (nSPS) is 13.9. The first-order valence-corrected chi connectivity index (χ1v) is 5.35. The third-order valence-corrected chi connectivity index (χ3v) is 2.73. The molecule has 1 aromatic carbocycles. The van der Waals surface area contributed by atoms with Crippen LogP contribution in [-0.4, -0.2) is 13.2 Å². The number of hydrogen-bond donors (Lipinski definition) is 1. The molecule has 0 aliphatic heterocycles. The second-order valence-electron chi connectivity index (χ2n) is 3.74. The fourth-order valence-electron chi connectivity index (χ4n) is 2.05. The predicted octanol–water partition coefficient (Wildman–Crippen LogP) is 2.32. The van der Waals surface area contributed by atoms with Crippen molar-refractivity contribution < 1.29 is 4.74 Å². The van der Waals surface area contributed by atoms with Crippen molar-refractivity contribution in [3.05, 3.63) is 29.3 Å². The van der Waals surface area contributed by atoms with Gasteiger partial charge in [0.25, 0.3) is 0 Å². The fraction of sp³-hybridized carbons (Fsp3) is 0.500. The number of benzene rings is 1. The molecule has 1 aliphatic carbocycles. The Bertz CT molecular complexity index is 314. The van der Waals surface area contributed by atoms with Gasteiger partial charge < -0.3 is 10.5 Å². The second kappa shape index (κ2) is 5.99. The van der Waals surface area contributed by atoms with Gasteiger partial charge in [0.1, 0.15) is 12.4 Å². The summed E-state index contributed by atoms with van der Waals surface area (Å²) >= 11 is 0. The number of fused-ring (bicyclic) bond motifs is 1. The van der Waals surface area contributed by atoms with Crippen LogP contribution in [0.4, 0.5) is 0 Å². The van der Waals surface area contributed by atoms with Gasteiger partial charge in [-0.05, 0) is 42.9 Å². The van der Waals surface area contributed by atoms with E-state index in [2.05, 4.69) is 18.2 Å². The molecule has 2 rings (SSSR count). The summed E-state index contributed by atoms with van der Waals surface area (Å²) in [4.78, 5) is 0. The molecule has 0 atom stereocenters. The number of aryl methyl sites for hydroxylation is 1. The first-order valence-electron chi connectivity index (χ1n) is 5.35. The first kappa shape index (κ1) is 12.3. The summed E-state index contributed by atoms with van der Waals surface area (Å²) in [6.45, 7) is 1.21. The van der Waals surface area contributed by atoms with Crippen molar-refractivity contribution in [2.75, 3.05) is 13.2 Å². The standard InChI is InChI=1S/C12H17NO.ClH/c13-8-9-14-12-7-3-5-10-4-1-2-6-11(10)12;/h3,5,7H,1-2,4,6,8-9,13H2;1H. The Balaban J connectivity index is 0.00000112. The zero-order valence-corrected chi connectivity index (χ0v) is 9.69. The molecule has 2 nitrogen and oxygen atoms in total. The highest BCUT2D eigenvalue weighted by Crippen LogP contribution is 2.29. The molecular formula is C12H18ClNO. The number of ether oxygens (including phenoxy) is 1. The van der Waals surface area contributed by atoms with Gasteiger partial charge in [-0.1, -0.05) is 12.1 Å². The third-order valence-electron chi connectivity index (χ3n) is 2.73. The van der Waals surface area contributed by atoms with Crippen molar-refractivity contribution in [2.45, 2.75) is 25.7 Å². The summed E-state index contributed by atoms with van der Waals surface area (Å²) in [5.74, 6) is 1.05. The van der Waals surface area contributed by atoms with Gasteiger partial charge in [0, 0.05) is 6.54 Å². The second-order valence-corrected chi connectivity index (χ2v) is 3.74. The molecule has 0 amide bonds. The number of nitrogens with two attached hydrogens (primary N) is 1. The van der Waals surface area contributed by atoms with E-state index in [1.807, 2.05) is 0 Å². The molecule has 84 valence electrons. The van der Waals surface area contributed by atoms with Crippen LogP contribution in [0.1, 0.15) is 24.0 Å². The molecule has 3 heteroatoms. The highest BCUT2D eigenvalue weighted by Gasteiger charge is 2.13. The van der Waals surface area contributed by atoms with Gasteiger partial charge in [0.2, 0.25) is 0 Å². The van der Waals surface area contributed by atoms with Crippen LogP contribution in [0.2, 0.25) is 0 Å². The van der Waals surface area contributed by atoms with E-state index in [1.165, 1.54) is 30.4 Å². The lowest BCUT2D eigenvalue weighted by atomic mass is 9.91. The van der Waals surface area contributed by atoms with E-state index in [0.717, 1.165) is 12.2 Å². The molecule has 0 saturated carbocycles. The van der Waals surface area contributed by atoms with E-state index in [-0.39, 0.29) is 12.4 Å². The van der Waals surface area contributed by atoms with Crippen LogP contribution >= 0.6 is 12.4 Å². The molecule has 0 spiro atoms. The van der Waals surface area contributed by atoms with E-state index in [0.29, 0.717) is 13.2 Å². The summed E-state index contributed by atoms with van der Waals surface area (Å²) in [6.07, 6.45) is 4.97. The fourth-order valence-corrected chi connectivity index (χ4v) is 2.05. The van der Waals surface area contributed by atoms with Crippen molar-refractivity contribution in [3.63, 3.8) is 0 Å². The molecule has 0 heterocycles. The Morgan fingerprint density at radius 1 is 1.20 bits per heavy atom. The summed E-state index contributed by atoms with van der Waals surface area (Å²) in [5.41, 5.74) is 8.30. The minimum atomic E-state index is 0. The van der Waals surface area contributed by atoms with E-state index in [4.69, 9.17) is 10.5 Å². The zero-order valence-electron chi connectivity index (χ0n) is 8.87. The monoisotopic (exact) mass is 227 g/mol. The third kappa shape index (κ3) is 2.86. The maximum atomic E-state index is 5.63. The topological polar surface area (TPSA) is 35.2 Å². The number of rotatable bonds is 3. The molecule has 0 radical (unpaired) electrons. The van der Waals surface area contributed by atoms with Crippen molar-refractivity contribution in [2.24, 2.45) is 5.73 Å². The molecule has 0 saturated heterocycles. The van der Waals surface area contributed by atoms with Gasteiger partial charge in [-0.2, -0.15) is 0 Å². The van der Waals surface area contributed by atoms with Crippen LogP contribution in [0, 0.1) is 0 Å². The smallest absolute Gasteiger partial charge is 0.122 e.